The molecule has 0 radical (unpaired) electrons. The van der Waals surface area contributed by atoms with Gasteiger partial charge < -0.3 is 15.2 Å². The molecule has 0 bridgehead atoms. The molecule has 1 saturated heterocycles. The summed E-state index contributed by atoms with van der Waals surface area (Å²) in [6.45, 7) is 8.70. The minimum atomic E-state index is -0.458. The first-order valence-electron chi connectivity index (χ1n) is 7.58. The highest BCUT2D eigenvalue weighted by molar-refractivity contribution is 5.24. The minimum Gasteiger partial charge on any atom is -0.387 e. The molecule has 20 heavy (non-hydrogen) atoms. The van der Waals surface area contributed by atoms with E-state index in [1.807, 2.05) is 12.1 Å². The van der Waals surface area contributed by atoms with E-state index in [0.717, 1.165) is 31.6 Å². The molecular formula is C17H27NO2. The van der Waals surface area contributed by atoms with E-state index in [1.165, 1.54) is 5.56 Å². The smallest absolute Gasteiger partial charge is 0.0914 e. The predicted molar refractivity (Wildman–Crippen MR) is 81.8 cm³/mol. The maximum Gasteiger partial charge on any atom is 0.0914 e. The van der Waals surface area contributed by atoms with Gasteiger partial charge in [0.1, 0.15) is 0 Å². The summed E-state index contributed by atoms with van der Waals surface area (Å²) >= 11 is 0. The summed E-state index contributed by atoms with van der Waals surface area (Å²) in [7, 11) is 0. The Balaban J connectivity index is 1.87. The lowest BCUT2D eigenvalue weighted by Gasteiger charge is -2.25. The number of aliphatic hydroxyl groups excluding tert-OH is 1. The number of benzene rings is 1. The van der Waals surface area contributed by atoms with Gasteiger partial charge in [-0.15, -0.1) is 0 Å². The fraction of sp³-hybridized carbons (Fsp3) is 0.647. The maximum atomic E-state index is 10.3. The van der Waals surface area contributed by atoms with Crippen LogP contribution in [0.4, 0.5) is 0 Å². The lowest BCUT2D eigenvalue weighted by Crippen LogP contribution is -2.44. The Kier molecular flexibility index (Phi) is 5.19. The fourth-order valence-corrected chi connectivity index (χ4v) is 2.61. The molecule has 1 aliphatic rings. The molecule has 0 spiro atoms. The molecule has 2 rings (SSSR count). The molecule has 1 fully saturated rings. The monoisotopic (exact) mass is 277 g/mol. The molecular weight excluding hydrogens is 250 g/mol. The van der Waals surface area contributed by atoms with Gasteiger partial charge in [-0.2, -0.15) is 0 Å². The quantitative estimate of drug-likeness (QED) is 0.840. The van der Waals surface area contributed by atoms with Crippen LogP contribution in [0.15, 0.2) is 24.3 Å². The topological polar surface area (TPSA) is 41.5 Å². The molecule has 1 heterocycles. The zero-order chi connectivity index (χ0) is 14.6. The SMILES string of the molecule is CC(C)Cc1ccc(C(O)CNC2(C)CCOC2)cc1. The third kappa shape index (κ3) is 4.30. The molecule has 3 heteroatoms. The van der Waals surface area contributed by atoms with Crippen molar-refractivity contribution in [2.45, 2.75) is 45.3 Å². The highest BCUT2D eigenvalue weighted by Crippen LogP contribution is 2.20. The van der Waals surface area contributed by atoms with Crippen molar-refractivity contribution < 1.29 is 9.84 Å². The summed E-state index contributed by atoms with van der Waals surface area (Å²) in [5, 5.41) is 13.7. The van der Waals surface area contributed by atoms with Crippen LogP contribution in [0.2, 0.25) is 0 Å². The molecule has 3 nitrogen and oxygen atoms in total. The van der Waals surface area contributed by atoms with Gasteiger partial charge in [0.2, 0.25) is 0 Å². The lowest BCUT2D eigenvalue weighted by molar-refractivity contribution is 0.141. The molecule has 0 saturated carbocycles. The number of ether oxygens (including phenoxy) is 1. The standard InChI is InChI=1S/C17H27NO2/c1-13(2)10-14-4-6-15(7-5-14)16(19)11-18-17(3)8-9-20-12-17/h4-7,13,16,18-19H,8-12H2,1-3H3. The molecule has 1 aromatic carbocycles. The molecule has 2 N–H and O–H groups in total. The minimum absolute atomic E-state index is 0.0125. The van der Waals surface area contributed by atoms with E-state index >= 15 is 0 Å². The molecule has 2 atom stereocenters. The van der Waals surface area contributed by atoms with Crippen LogP contribution in [-0.2, 0) is 11.2 Å². The van der Waals surface area contributed by atoms with Crippen molar-refractivity contribution in [3.05, 3.63) is 35.4 Å². The average Bonchev–Trinajstić information content (AvgIpc) is 2.84. The normalized spacial score (nSPS) is 24.2. The van der Waals surface area contributed by atoms with E-state index in [4.69, 9.17) is 4.74 Å². The van der Waals surface area contributed by atoms with Gasteiger partial charge in [0.15, 0.2) is 0 Å². The summed E-state index contributed by atoms with van der Waals surface area (Å²) in [6.07, 6.45) is 1.64. The zero-order valence-corrected chi connectivity index (χ0v) is 12.9. The molecule has 1 aliphatic heterocycles. The lowest BCUT2D eigenvalue weighted by atomic mass is 9.99. The van der Waals surface area contributed by atoms with Crippen molar-refractivity contribution in [2.75, 3.05) is 19.8 Å². The molecule has 0 amide bonds. The molecule has 112 valence electrons. The maximum absolute atomic E-state index is 10.3. The first-order chi connectivity index (χ1) is 9.48. The molecule has 0 aromatic heterocycles. The van der Waals surface area contributed by atoms with Crippen LogP contribution in [0, 0.1) is 5.92 Å². The van der Waals surface area contributed by atoms with Crippen LogP contribution in [0.25, 0.3) is 0 Å². The van der Waals surface area contributed by atoms with Gasteiger partial charge in [0.05, 0.1) is 12.7 Å². The number of nitrogens with one attached hydrogen (secondary N) is 1. The van der Waals surface area contributed by atoms with Gasteiger partial charge in [0.25, 0.3) is 0 Å². The van der Waals surface area contributed by atoms with Crippen molar-refractivity contribution in [1.29, 1.82) is 0 Å². The van der Waals surface area contributed by atoms with Gasteiger partial charge >= 0.3 is 0 Å². The van der Waals surface area contributed by atoms with Crippen LogP contribution < -0.4 is 5.32 Å². The fourth-order valence-electron chi connectivity index (χ4n) is 2.61. The van der Waals surface area contributed by atoms with Crippen molar-refractivity contribution >= 4 is 0 Å². The van der Waals surface area contributed by atoms with Gasteiger partial charge in [0, 0.05) is 18.7 Å². The van der Waals surface area contributed by atoms with E-state index in [2.05, 4.69) is 38.2 Å². The van der Waals surface area contributed by atoms with Crippen LogP contribution in [0.5, 0.6) is 0 Å². The van der Waals surface area contributed by atoms with E-state index in [-0.39, 0.29) is 5.54 Å². The Morgan fingerprint density at radius 2 is 2.00 bits per heavy atom. The van der Waals surface area contributed by atoms with E-state index < -0.39 is 6.10 Å². The summed E-state index contributed by atoms with van der Waals surface area (Å²) in [4.78, 5) is 0. The number of β-amino-alcohol motifs (C(OH)–C–C–N with tert-alkyl or cyclic N) is 1. The third-order valence-corrected chi connectivity index (χ3v) is 3.95. The predicted octanol–water partition coefficient (Wildman–Crippen LogP) is 2.69. The van der Waals surface area contributed by atoms with Gasteiger partial charge in [-0.25, -0.2) is 0 Å². The summed E-state index contributed by atoms with van der Waals surface area (Å²) in [5.41, 5.74) is 2.33. The average molecular weight is 277 g/mol. The highest BCUT2D eigenvalue weighted by Gasteiger charge is 2.29. The molecule has 2 unspecified atom stereocenters. The number of rotatable bonds is 6. The Labute approximate surface area is 122 Å². The second-order valence-corrected chi connectivity index (χ2v) is 6.60. The van der Waals surface area contributed by atoms with Crippen molar-refractivity contribution in [1.82, 2.24) is 5.32 Å². The van der Waals surface area contributed by atoms with Crippen molar-refractivity contribution in [3.8, 4) is 0 Å². The third-order valence-electron chi connectivity index (χ3n) is 3.95. The summed E-state index contributed by atoms with van der Waals surface area (Å²) in [6, 6.07) is 8.33. The van der Waals surface area contributed by atoms with Gasteiger partial charge in [-0.05, 0) is 36.8 Å². The van der Waals surface area contributed by atoms with Crippen molar-refractivity contribution in [3.63, 3.8) is 0 Å². The first-order valence-corrected chi connectivity index (χ1v) is 7.58. The van der Waals surface area contributed by atoms with Crippen LogP contribution >= 0.6 is 0 Å². The van der Waals surface area contributed by atoms with Crippen LogP contribution in [0.1, 0.15) is 44.4 Å². The summed E-state index contributed by atoms with van der Waals surface area (Å²) < 4.78 is 5.41. The van der Waals surface area contributed by atoms with E-state index in [1.54, 1.807) is 0 Å². The summed E-state index contributed by atoms with van der Waals surface area (Å²) in [5.74, 6) is 0.662. The highest BCUT2D eigenvalue weighted by atomic mass is 16.5. The van der Waals surface area contributed by atoms with Crippen LogP contribution in [-0.4, -0.2) is 30.4 Å². The zero-order valence-electron chi connectivity index (χ0n) is 12.9. The first kappa shape index (κ1) is 15.5. The number of aliphatic hydroxyl groups is 1. The Morgan fingerprint density at radius 3 is 2.55 bits per heavy atom. The van der Waals surface area contributed by atoms with E-state index in [9.17, 15) is 5.11 Å². The second kappa shape index (κ2) is 6.70. The number of hydrogen-bond donors (Lipinski definition) is 2. The van der Waals surface area contributed by atoms with Gasteiger partial charge in [-0.1, -0.05) is 38.1 Å². The Morgan fingerprint density at radius 1 is 1.30 bits per heavy atom. The largest absolute Gasteiger partial charge is 0.387 e. The Hall–Kier alpha value is -0.900. The Bertz CT molecular complexity index is 408. The molecule has 1 aromatic rings. The number of hydrogen-bond acceptors (Lipinski definition) is 3. The van der Waals surface area contributed by atoms with Crippen LogP contribution in [0.3, 0.4) is 0 Å². The van der Waals surface area contributed by atoms with Gasteiger partial charge in [-0.3, -0.25) is 0 Å². The van der Waals surface area contributed by atoms with Crippen molar-refractivity contribution in [2.24, 2.45) is 5.92 Å². The second-order valence-electron chi connectivity index (χ2n) is 6.60. The molecule has 0 aliphatic carbocycles. The van der Waals surface area contributed by atoms with E-state index in [0.29, 0.717) is 12.5 Å².